The summed E-state index contributed by atoms with van der Waals surface area (Å²) in [6.45, 7) is 4.52. The fourth-order valence-electron chi connectivity index (χ4n) is 2.52. The van der Waals surface area contributed by atoms with Gasteiger partial charge in [-0.25, -0.2) is 0 Å². The van der Waals surface area contributed by atoms with Crippen molar-refractivity contribution < 1.29 is 0 Å². The van der Waals surface area contributed by atoms with Gasteiger partial charge >= 0.3 is 0 Å². The molecule has 0 spiro atoms. The van der Waals surface area contributed by atoms with Crippen LogP contribution >= 0.6 is 11.6 Å². The third-order valence-electron chi connectivity index (χ3n) is 3.35. The van der Waals surface area contributed by atoms with Gasteiger partial charge in [0, 0.05) is 5.38 Å². The Morgan fingerprint density at radius 1 is 1.25 bits per heavy atom. The van der Waals surface area contributed by atoms with Gasteiger partial charge in [0.15, 0.2) is 0 Å². The Bertz CT molecular complexity index is 122. The van der Waals surface area contributed by atoms with E-state index >= 15 is 0 Å². The van der Waals surface area contributed by atoms with Crippen LogP contribution in [-0.4, -0.2) is 5.38 Å². The Kier molecular flexibility index (Phi) is 4.42. The molecule has 0 saturated heterocycles. The van der Waals surface area contributed by atoms with Gasteiger partial charge in [0.1, 0.15) is 0 Å². The first-order chi connectivity index (χ1) is 5.79. The van der Waals surface area contributed by atoms with Gasteiger partial charge in [-0.1, -0.05) is 39.5 Å². The molecule has 3 atom stereocenters. The highest BCUT2D eigenvalue weighted by Crippen LogP contribution is 2.37. The van der Waals surface area contributed by atoms with Crippen molar-refractivity contribution in [3.05, 3.63) is 0 Å². The largest absolute Gasteiger partial charge is 0.123 e. The van der Waals surface area contributed by atoms with Gasteiger partial charge in [-0.05, 0) is 24.7 Å². The highest BCUT2D eigenvalue weighted by atomic mass is 35.5. The predicted octanol–water partition coefficient (Wildman–Crippen LogP) is 4.22. The number of rotatable bonds is 3. The minimum Gasteiger partial charge on any atom is -0.123 e. The van der Waals surface area contributed by atoms with E-state index in [9.17, 15) is 0 Å². The van der Waals surface area contributed by atoms with Gasteiger partial charge in [0.05, 0.1) is 0 Å². The quantitative estimate of drug-likeness (QED) is 0.582. The number of hydrogen-bond acceptors (Lipinski definition) is 0. The van der Waals surface area contributed by atoms with Gasteiger partial charge in [-0.15, -0.1) is 11.6 Å². The smallest absolute Gasteiger partial charge is 0.0364 e. The Labute approximate surface area is 81.7 Å². The molecule has 0 aromatic rings. The molecule has 1 aliphatic carbocycles. The third kappa shape index (κ3) is 2.39. The first-order valence-corrected chi connectivity index (χ1v) is 5.87. The number of alkyl halides is 1. The number of hydrogen-bond donors (Lipinski definition) is 0. The lowest BCUT2D eigenvalue weighted by Crippen LogP contribution is -2.26. The molecule has 72 valence electrons. The molecule has 1 heteroatoms. The molecule has 0 aliphatic heterocycles. The third-order valence-corrected chi connectivity index (χ3v) is 3.98. The van der Waals surface area contributed by atoms with Gasteiger partial charge in [0.25, 0.3) is 0 Å². The Morgan fingerprint density at radius 2 is 1.92 bits per heavy atom. The summed E-state index contributed by atoms with van der Waals surface area (Å²) in [4.78, 5) is 0. The van der Waals surface area contributed by atoms with Crippen LogP contribution in [-0.2, 0) is 0 Å². The van der Waals surface area contributed by atoms with E-state index in [1.165, 1.54) is 32.1 Å². The van der Waals surface area contributed by atoms with Crippen LogP contribution in [0.1, 0.15) is 52.4 Å². The molecule has 0 amide bonds. The Balaban J connectivity index is 2.46. The average Bonchev–Trinajstić information content (AvgIpc) is 2.16. The van der Waals surface area contributed by atoms with Crippen LogP contribution in [0, 0.1) is 11.8 Å². The standard InChI is InChI=1S/C11H21Cl/c1-3-9-7-5-6-8-10(9)11(12)4-2/h9-11H,3-8H2,1-2H3. The highest BCUT2D eigenvalue weighted by Gasteiger charge is 2.28. The van der Waals surface area contributed by atoms with Crippen LogP contribution in [0.15, 0.2) is 0 Å². The van der Waals surface area contributed by atoms with Crippen LogP contribution in [0.2, 0.25) is 0 Å². The van der Waals surface area contributed by atoms with E-state index in [4.69, 9.17) is 11.6 Å². The molecule has 0 radical (unpaired) electrons. The zero-order chi connectivity index (χ0) is 8.97. The minimum absolute atomic E-state index is 0.440. The van der Waals surface area contributed by atoms with Gasteiger partial charge < -0.3 is 0 Å². The summed E-state index contributed by atoms with van der Waals surface area (Å²) < 4.78 is 0. The first-order valence-electron chi connectivity index (χ1n) is 5.43. The van der Waals surface area contributed by atoms with Crippen molar-refractivity contribution in [2.75, 3.05) is 0 Å². The lowest BCUT2D eigenvalue weighted by Gasteiger charge is -2.33. The zero-order valence-corrected chi connectivity index (χ0v) is 9.11. The lowest BCUT2D eigenvalue weighted by molar-refractivity contribution is 0.220. The molecular formula is C11H21Cl. The zero-order valence-electron chi connectivity index (χ0n) is 8.35. The maximum Gasteiger partial charge on any atom is 0.0364 e. The van der Waals surface area contributed by atoms with E-state index in [2.05, 4.69) is 13.8 Å². The summed E-state index contributed by atoms with van der Waals surface area (Å²) >= 11 is 6.32. The van der Waals surface area contributed by atoms with Crippen molar-refractivity contribution in [1.29, 1.82) is 0 Å². The van der Waals surface area contributed by atoms with Crippen molar-refractivity contribution in [1.82, 2.24) is 0 Å². The van der Waals surface area contributed by atoms with Gasteiger partial charge in [0.2, 0.25) is 0 Å². The molecule has 1 fully saturated rings. The molecule has 12 heavy (non-hydrogen) atoms. The summed E-state index contributed by atoms with van der Waals surface area (Å²) in [7, 11) is 0. The summed E-state index contributed by atoms with van der Waals surface area (Å²) in [6, 6.07) is 0. The lowest BCUT2D eigenvalue weighted by atomic mass is 9.75. The van der Waals surface area contributed by atoms with Gasteiger partial charge in [-0.2, -0.15) is 0 Å². The van der Waals surface area contributed by atoms with E-state index in [-0.39, 0.29) is 0 Å². The topological polar surface area (TPSA) is 0 Å². The van der Waals surface area contributed by atoms with Crippen LogP contribution in [0.25, 0.3) is 0 Å². The monoisotopic (exact) mass is 188 g/mol. The predicted molar refractivity (Wildman–Crippen MR) is 55.7 cm³/mol. The Morgan fingerprint density at radius 3 is 2.50 bits per heavy atom. The number of halogens is 1. The van der Waals surface area contributed by atoms with Crippen LogP contribution in [0.4, 0.5) is 0 Å². The molecule has 0 N–H and O–H groups in total. The second kappa shape index (κ2) is 5.11. The van der Waals surface area contributed by atoms with Crippen molar-refractivity contribution in [2.24, 2.45) is 11.8 Å². The SMILES string of the molecule is CCC(Cl)C1CCCCC1CC. The molecular weight excluding hydrogens is 168 g/mol. The fraction of sp³-hybridized carbons (Fsp3) is 1.00. The summed E-state index contributed by atoms with van der Waals surface area (Å²) in [5, 5.41) is 0.440. The van der Waals surface area contributed by atoms with Crippen molar-refractivity contribution in [3.63, 3.8) is 0 Å². The van der Waals surface area contributed by atoms with Gasteiger partial charge in [-0.3, -0.25) is 0 Å². The molecule has 0 aromatic carbocycles. The first kappa shape index (κ1) is 10.4. The van der Waals surface area contributed by atoms with Crippen molar-refractivity contribution >= 4 is 11.6 Å². The Hall–Kier alpha value is 0.290. The normalized spacial score (nSPS) is 33.2. The molecule has 1 rings (SSSR count). The highest BCUT2D eigenvalue weighted by molar-refractivity contribution is 6.20. The summed E-state index contributed by atoms with van der Waals surface area (Å²) in [6.07, 6.45) is 8.11. The summed E-state index contributed by atoms with van der Waals surface area (Å²) in [5.74, 6) is 1.73. The fourth-order valence-corrected chi connectivity index (χ4v) is 2.85. The minimum atomic E-state index is 0.440. The van der Waals surface area contributed by atoms with Crippen LogP contribution in [0.5, 0.6) is 0 Å². The van der Waals surface area contributed by atoms with E-state index in [0.29, 0.717) is 5.38 Å². The van der Waals surface area contributed by atoms with E-state index < -0.39 is 0 Å². The molecule has 1 aliphatic rings. The second-order valence-electron chi connectivity index (χ2n) is 4.04. The molecule has 1 saturated carbocycles. The maximum absolute atomic E-state index is 6.32. The van der Waals surface area contributed by atoms with E-state index in [1.54, 1.807) is 0 Å². The molecule has 0 bridgehead atoms. The van der Waals surface area contributed by atoms with Crippen molar-refractivity contribution in [3.8, 4) is 0 Å². The van der Waals surface area contributed by atoms with E-state index in [1.807, 2.05) is 0 Å². The maximum atomic E-state index is 6.32. The van der Waals surface area contributed by atoms with E-state index in [0.717, 1.165) is 18.3 Å². The molecule has 0 nitrogen and oxygen atoms in total. The van der Waals surface area contributed by atoms with Crippen LogP contribution in [0.3, 0.4) is 0 Å². The summed E-state index contributed by atoms with van der Waals surface area (Å²) in [5.41, 5.74) is 0. The molecule has 0 aromatic heterocycles. The molecule has 0 heterocycles. The van der Waals surface area contributed by atoms with Crippen molar-refractivity contribution in [2.45, 2.75) is 57.7 Å². The second-order valence-corrected chi connectivity index (χ2v) is 4.60. The van der Waals surface area contributed by atoms with Crippen LogP contribution < -0.4 is 0 Å². The average molecular weight is 189 g/mol. The molecule has 3 unspecified atom stereocenters.